The van der Waals surface area contributed by atoms with E-state index in [-0.39, 0.29) is 5.91 Å². The first-order valence-electron chi connectivity index (χ1n) is 7.73. The van der Waals surface area contributed by atoms with Crippen LogP contribution in [0.15, 0.2) is 47.4 Å². The summed E-state index contributed by atoms with van der Waals surface area (Å²) in [6, 6.07) is 15.0. The van der Waals surface area contributed by atoms with Gasteiger partial charge in [-0.2, -0.15) is 0 Å². The summed E-state index contributed by atoms with van der Waals surface area (Å²) >= 11 is 1.63. The highest BCUT2D eigenvalue weighted by molar-refractivity contribution is 8.00. The van der Waals surface area contributed by atoms with E-state index in [1.54, 1.807) is 11.8 Å². The summed E-state index contributed by atoms with van der Waals surface area (Å²) < 4.78 is 0. The smallest absolute Gasteiger partial charge is 0.230 e. The number of amides is 1. The molecule has 1 saturated carbocycles. The second-order valence-electron chi connectivity index (χ2n) is 5.67. The number of hydrogen-bond acceptors (Lipinski definition) is 2. The van der Waals surface area contributed by atoms with Crippen LogP contribution in [0.5, 0.6) is 0 Å². The van der Waals surface area contributed by atoms with E-state index in [2.05, 4.69) is 41.7 Å². The lowest BCUT2D eigenvalue weighted by atomic mass is 9.95. The molecule has 0 unspecified atom stereocenters. The number of nitrogens with one attached hydrogen (secondary N) is 1. The minimum absolute atomic E-state index is 0.167. The highest BCUT2D eigenvalue weighted by Gasteiger charge is 2.15. The van der Waals surface area contributed by atoms with Crippen molar-refractivity contribution >= 4 is 28.4 Å². The van der Waals surface area contributed by atoms with Gasteiger partial charge in [0.1, 0.15) is 0 Å². The van der Waals surface area contributed by atoms with Gasteiger partial charge < -0.3 is 5.32 Å². The molecule has 3 rings (SSSR count). The Morgan fingerprint density at radius 1 is 1.05 bits per heavy atom. The van der Waals surface area contributed by atoms with Gasteiger partial charge in [0.2, 0.25) is 5.91 Å². The Morgan fingerprint density at radius 2 is 1.81 bits per heavy atom. The number of carbonyl (C=O) groups is 1. The molecule has 1 amide bonds. The molecule has 0 saturated heterocycles. The Morgan fingerprint density at radius 3 is 2.67 bits per heavy atom. The topological polar surface area (TPSA) is 29.1 Å². The molecule has 2 nitrogen and oxygen atoms in total. The molecule has 1 fully saturated rings. The number of rotatable bonds is 4. The van der Waals surface area contributed by atoms with Crippen LogP contribution in [0.25, 0.3) is 10.8 Å². The summed E-state index contributed by atoms with van der Waals surface area (Å²) in [5.41, 5.74) is 0. The first-order chi connectivity index (χ1) is 10.3. The van der Waals surface area contributed by atoms with Gasteiger partial charge >= 0.3 is 0 Å². The van der Waals surface area contributed by atoms with Gasteiger partial charge in [-0.3, -0.25) is 4.79 Å². The van der Waals surface area contributed by atoms with E-state index < -0.39 is 0 Å². The molecular weight excluding hydrogens is 278 g/mol. The fraction of sp³-hybridized carbons (Fsp3) is 0.389. The lowest BCUT2D eigenvalue weighted by Gasteiger charge is -2.22. The van der Waals surface area contributed by atoms with Gasteiger partial charge in [0.25, 0.3) is 0 Å². The summed E-state index contributed by atoms with van der Waals surface area (Å²) in [6.07, 6.45) is 6.11. The zero-order valence-corrected chi connectivity index (χ0v) is 13.0. The van der Waals surface area contributed by atoms with Crippen molar-refractivity contribution in [3.63, 3.8) is 0 Å². The maximum Gasteiger partial charge on any atom is 0.230 e. The van der Waals surface area contributed by atoms with Crippen LogP contribution >= 0.6 is 11.8 Å². The number of benzene rings is 2. The van der Waals surface area contributed by atoms with Gasteiger partial charge in [0.15, 0.2) is 0 Å². The van der Waals surface area contributed by atoms with E-state index in [4.69, 9.17) is 0 Å². The Hall–Kier alpha value is -1.48. The maximum absolute atomic E-state index is 12.1. The summed E-state index contributed by atoms with van der Waals surface area (Å²) in [6.45, 7) is 0. The van der Waals surface area contributed by atoms with Crippen molar-refractivity contribution in [2.45, 2.75) is 43.0 Å². The van der Waals surface area contributed by atoms with Crippen LogP contribution < -0.4 is 5.32 Å². The molecule has 110 valence electrons. The highest BCUT2D eigenvalue weighted by Crippen LogP contribution is 2.27. The molecule has 2 aromatic carbocycles. The maximum atomic E-state index is 12.1. The fourth-order valence-corrected chi connectivity index (χ4v) is 3.87. The molecule has 21 heavy (non-hydrogen) atoms. The average Bonchev–Trinajstić information content (AvgIpc) is 2.54. The van der Waals surface area contributed by atoms with Gasteiger partial charge in [-0.1, -0.05) is 55.7 Å². The van der Waals surface area contributed by atoms with Gasteiger partial charge in [-0.15, -0.1) is 11.8 Å². The largest absolute Gasteiger partial charge is 0.353 e. The molecule has 0 aromatic heterocycles. The second-order valence-corrected chi connectivity index (χ2v) is 6.69. The van der Waals surface area contributed by atoms with E-state index in [9.17, 15) is 4.79 Å². The van der Waals surface area contributed by atoms with Crippen molar-refractivity contribution in [2.24, 2.45) is 0 Å². The molecule has 0 radical (unpaired) electrons. The Balaban J connectivity index is 1.59. The zero-order valence-electron chi connectivity index (χ0n) is 12.2. The van der Waals surface area contributed by atoms with E-state index in [1.807, 2.05) is 6.07 Å². The van der Waals surface area contributed by atoms with Crippen LogP contribution in [0.3, 0.4) is 0 Å². The molecule has 3 heteroatoms. The van der Waals surface area contributed by atoms with Crippen molar-refractivity contribution in [3.05, 3.63) is 42.5 Å². The molecule has 0 aliphatic heterocycles. The predicted octanol–water partition coefficient (Wildman–Crippen LogP) is 4.38. The first-order valence-corrected chi connectivity index (χ1v) is 8.71. The van der Waals surface area contributed by atoms with Crippen LogP contribution in [0.2, 0.25) is 0 Å². The van der Waals surface area contributed by atoms with Crippen LogP contribution in [0, 0.1) is 0 Å². The van der Waals surface area contributed by atoms with E-state index in [0.29, 0.717) is 11.8 Å². The van der Waals surface area contributed by atoms with Gasteiger partial charge in [0, 0.05) is 10.9 Å². The average molecular weight is 299 g/mol. The van der Waals surface area contributed by atoms with Crippen LogP contribution in [-0.2, 0) is 4.79 Å². The number of fused-ring (bicyclic) bond motifs is 1. The quantitative estimate of drug-likeness (QED) is 0.849. The molecule has 0 spiro atoms. The number of thioether (sulfide) groups is 1. The van der Waals surface area contributed by atoms with Gasteiger partial charge in [-0.05, 0) is 29.7 Å². The lowest BCUT2D eigenvalue weighted by Crippen LogP contribution is -2.37. The lowest BCUT2D eigenvalue weighted by molar-refractivity contribution is -0.119. The van der Waals surface area contributed by atoms with Crippen LogP contribution in [-0.4, -0.2) is 17.7 Å². The molecule has 0 bridgehead atoms. The minimum atomic E-state index is 0.167. The number of hydrogen-bond donors (Lipinski definition) is 1. The summed E-state index contributed by atoms with van der Waals surface area (Å²) in [4.78, 5) is 13.3. The monoisotopic (exact) mass is 299 g/mol. The fourth-order valence-electron chi connectivity index (χ4n) is 2.98. The molecule has 1 N–H and O–H groups in total. The third-order valence-corrected chi connectivity index (χ3v) is 5.15. The third kappa shape index (κ3) is 3.79. The van der Waals surface area contributed by atoms with Crippen molar-refractivity contribution in [1.82, 2.24) is 5.32 Å². The molecular formula is C18H21NOS. The van der Waals surface area contributed by atoms with Gasteiger partial charge in [-0.25, -0.2) is 0 Å². The van der Waals surface area contributed by atoms with E-state index in [0.717, 1.165) is 12.8 Å². The van der Waals surface area contributed by atoms with Crippen molar-refractivity contribution in [1.29, 1.82) is 0 Å². The SMILES string of the molecule is O=C(CSc1cccc2ccccc12)NC1CCCCC1. The summed E-state index contributed by atoms with van der Waals surface area (Å²) in [7, 11) is 0. The summed E-state index contributed by atoms with van der Waals surface area (Å²) in [5.74, 6) is 0.671. The standard InChI is InChI=1S/C18H21NOS/c20-18(19-15-9-2-1-3-10-15)13-21-17-12-6-8-14-7-4-5-11-16(14)17/h4-8,11-12,15H,1-3,9-10,13H2,(H,19,20). The second kappa shape index (κ2) is 6.99. The first kappa shape index (κ1) is 14.5. The minimum Gasteiger partial charge on any atom is -0.353 e. The van der Waals surface area contributed by atoms with Crippen molar-refractivity contribution in [2.75, 3.05) is 5.75 Å². The van der Waals surface area contributed by atoms with E-state index >= 15 is 0 Å². The molecule has 0 atom stereocenters. The molecule has 1 aliphatic carbocycles. The molecule has 1 aliphatic rings. The highest BCUT2D eigenvalue weighted by atomic mass is 32.2. The predicted molar refractivity (Wildman–Crippen MR) is 89.7 cm³/mol. The Kier molecular flexibility index (Phi) is 4.81. The van der Waals surface area contributed by atoms with E-state index in [1.165, 1.54) is 34.9 Å². The Labute approximate surface area is 130 Å². The zero-order chi connectivity index (χ0) is 14.5. The number of carbonyl (C=O) groups excluding carboxylic acids is 1. The molecule has 0 heterocycles. The normalized spacial score (nSPS) is 16.0. The van der Waals surface area contributed by atoms with Crippen LogP contribution in [0.1, 0.15) is 32.1 Å². The summed E-state index contributed by atoms with van der Waals surface area (Å²) in [5, 5.41) is 5.64. The van der Waals surface area contributed by atoms with Crippen molar-refractivity contribution < 1.29 is 4.79 Å². The van der Waals surface area contributed by atoms with Crippen molar-refractivity contribution in [3.8, 4) is 0 Å². The van der Waals surface area contributed by atoms with Crippen LogP contribution in [0.4, 0.5) is 0 Å². The third-order valence-electron chi connectivity index (χ3n) is 4.08. The van der Waals surface area contributed by atoms with Gasteiger partial charge in [0.05, 0.1) is 5.75 Å². The Bertz CT molecular complexity index is 614. The molecule has 2 aromatic rings.